The van der Waals surface area contributed by atoms with E-state index in [0.29, 0.717) is 0 Å². The number of hydrogen-bond donors (Lipinski definition) is 0. The van der Waals surface area contributed by atoms with Crippen molar-refractivity contribution in [2.75, 3.05) is 20.4 Å². The quantitative estimate of drug-likeness (QED) is 0.207. The van der Waals surface area contributed by atoms with E-state index >= 15 is 8.78 Å². The number of halogens is 3. The van der Waals surface area contributed by atoms with Crippen molar-refractivity contribution in [3.8, 4) is 11.5 Å². The summed E-state index contributed by atoms with van der Waals surface area (Å²) in [5, 5.41) is 3.90. The maximum atomic E-state index is 15.3. The minimum atomic E-state index is -2.93. The van der Waals surface area contributed by atoms with Crippen LogP contribution in [-0.4, -0.2) is 20.4 Å². The predicted octanol–water partition coefficient (Wildman–Crippen LogP) is 7.47. The number of ether oxygens (including phenoxy) is 2. The van der Waals surface area contributed by atoms with Crippen LogP contribution in [0.2, 0.25) is 0 Å². The van der Waals surface area contributed by atoms with Crippen molar-refractivity contribution in [1.29, 1.82) is 0 Å². The fraction of sp³-hybridized carbons (Fsp3) is 0.188. The summed E-state index contributed by atoms with van der Waals surface area (Å²) in [5.74, 6) is 0.888. The standard InChI is InChI=1S/C32H30BrF2O2P/c1-36-31-28(33)32(37-2)30(35)27(29(31)34)22-23-16-18-26(19-17-23)38(20-10-5-11-21-38,24-12-6-3-7-13-24)25-14-8-4-9-15-25/h3-4,6-10,12-20H,5,11,21-22H2,1-2H3. The number of benzene rings is 4. The summed E-state index contributed by atoms with van der Waals surface area (Å²) >= 11 is 3.20. The third-order valence-electron chi connectivity index (χ3n) is 7.76. The van der Waals surface area contributed by atoms with Crippen LogP contribution in [0.15, 0.2) is 101 Å². The van der Waals surface area contributed by atoms with E-state index in [1.807, 2.05) is 12.1 Å². The molecule has 0 atom stereocenters. The molecule has 4 aromatic carbocycles. The van der Waals surface area contributed by atoms with Crippen LogP contribution in [0.1, 0.15) is 24.0 Å². The maximum absolute atomic E-state index is 15.3. The molecule has 0 N–H and O–H groups in total. The second-order valence-electron chi connectivity index (χ2n) is 9.63. The topological polar surface area (TPSA) is 18.5 Å². The van der Waals surface area contributed by atoms with E-state index in [0.717, 1.165) is 24.6 Å². The van der Waals surface area contributed by atoms with E-state index in [-0.39, 0.29) is 28.0 Å². The van der Waals surface area contributed by atoms with Crippen molar-refractivity contribution in [3.05, 3.63) is 124 Å². The SMILES string of the molecule is COc1c(F)c(Cc2ccc(P3(c4ccccc4)(c4ccccc4)C=CCCC3)cc2)c(F)c(OC)c1Br. The van der Waals surface area contributed by atoms with Crippen LogP contribution in [0.25, 0.3) is 0 Å². The normalized spacial score (nSPS) is 16.8. The number of rotatable bonds is 7. The first-order valence-corrected chi connectivity index (χ1v) is 15.9. The van der Waals surface area contributed by atoms with Crippen LogP contribution in [0, 0.1) is 11.6 Å². The molecule has 1 aliphatic rings. The Hall–Kier alpha value is -3.01. The molecular formula is C32H30BrF2O2P. The molecule has 0 spiro atoms. The Kier molecular flexibility index (Phi) is 7.44. The average molecular weight is 595 g/mol. The molecule has 0 aliphatic carbocycles. The summed E-state index contributed by atoms with van der Waals surface area (Å²) in [5.41, 5.74) is 0.719. The van der Waals surface area contributed by atoms with Crippen molar-refractivity contribution in [2.24, 2.45) is 0 Å². The summed E-state index contributed by atoms with van der Waals surface area (Å²) in [6.07, 6.45) is 5.59. The zero-order chi connectivity index (χ0) is 26.8. The molecule has 0 fully saturated rings. The van der Waals surface area contributed by atoms with Crippen LogP contribution in [-0.2, 0) is 6.42 Å². The van der Waals surface area contributed by atoms with Gasteiger partial charge in [0.25, 0.3) is 0 Å². The first kappa shape index (κ1) is 26.6. The van der Waals surface area contributed by atoms with Crippen LogP contribution in [0.3, 0.4) is 0 Å². The van der Waals surface area contributed by atoms with E-state index in [1.54, 1.807) is 0 Å². The molecule has 1 heterocycles. The van der Waals surface area contributed by atoms with Crippen molar-refractivity contribution >= 4 is 38.4 Å². The molecule has 0 aromatic heterocycles. The fourth-order valence-electron chi connectivity index (χ4n) is 5.89. The Morgan fingerprint density at radius 1 is 0.737 bits per heavy atom. The van der Waals surface area contributed by atoms with Gasteiger partial charge in [-0.1, -0.05) is 0 Å². The molecule has 0 saturated carbocycles. The van der Waals surface area contributed by atoms with Crippen LogP contribution < -0.4 is 25.4 Å². The average Bonchev–Trinajstić information content (AvgIpc) is 2.97. The molecule has 1 aliphatic heterocycles. The summed E-state index contributed by atoms with van der Waals surface area (Å²) in [4.78, 5) is 0. The van der Waals surface area contributed by atoms with Crippen molar-refractivity contribution in [1.82, 2.24) is 0 Å². The Labute approximate surface area is 231 Å². The number of methoxy groups -OCH3 is 2. The molecule has 5 rings (SSSR count). The van der Waals surface area contributed by atoms with Gasteiger partial charge in [-0.25, -0.2) is 0 Å². The molecule has 6 heteroatoms. The van der Waals surface area contributed by atoms with Crippen LogP contribution in [0.4, 0.5) is 8.78 Å². The van der Waals surface area contributed by atoms with Gasteiger partial charge in [0.05, 0.1) is 0 Å². The van der Waals surface area contributed by atoms with Gasteiger partial charge in [0.15, 0.2) is 0 Å². The molecular weight excluding hydrogens is 565 g/mol. The van der Waals surface area contributed by atoms with E-state index in [4.69, 9.17) is 9.47 Å². The second-order valence-corrected chi connectivity index (χ2v) is 15.5. The van der Waals surface area contributed by atoms with Crippen molar-refractivity contribution in [3.63, 3.8) is 0 Å². The zero-order valence-corrected chi connectivity index (χ0v) is 23.9. The molecule has 2 nitrogen and oxygen atoms in total. The molecule has 0 bridgehead atoms. The third kappa shape index (κ3) is 4.08. The van der Waals surface area contributed by atoms with Crippen LogP contribution in [0.5, 0.6) is 11.5 Å². The second kappa shape index (κ2) is 10.6. The summed E-state index contributed by atoms with van der Waals surface area (Å²) < 4.78 is 41.1. The Bertz CT molecular complexity index is 1400. The fourth-order valence-corrected chi connectivity index (χ4v) is 12.9. The summed E-state index contributed by atoms with van der Waals surface area (Å²) in [6, 6.07) is 29.9. The van der Waals surface area contributed by atoms with Gasteiger partial charge in [-0.3, -0.25) is 0 Å². The monoisotopic (exact) mass is 594 g/mol. The molecule has 0 amide bonds. The molecule has 0 radical (unpaired) electrons. The van der Waals surface area contributed by atoms with Gasteiger partial charge in [-0.2, -0.15) is 0 Å². The Morgan fingerprint density at radius 2 is 1.24 bits per heavy atom. The van der Waals surface area contributed by atoms with Crippen LogP contribution >= 0.6 is 22.5 Å². The van der Waals surface area contributed by atoms with Crippen molar-refractivity contribution < 1.29 is 18.3 Å². The molecule has 0 unspecified atom stereocenters. The van der Waals surface area contributed by atoms with Gasteiger partial charge >= 0.3 is 232 Å². The first-order chi connectivity index (χ1) is 18.5. The van der Waals surface area contributed by atoms with E-state index in [2.05, 4.69) is 101 Å². The Morgan fingerprint density at radius 3 is 1.68 bits per heavy atom. The van der Waals surface area contributed by atoms with Gasteiger partial charge in [0.1, 0.15) is 0 Å². The van der Waals surface area contributed by atoms with Crippen molar-refractivity contribution in [2.45, 2.75) is 19.3 Å². The zero-order valence-electron chi connectivity index (χ0n) is 21.5. The van der Waals surface area contributed by atoms with Gasteiger partial charge in [-0.05, 0) is 0 Å². The van der Waals surface area contributed by atoms with E-state index < -0.39 is 18.2 Å². The minimum absolute atomic E-state index is 0.0692. The number of allylic oxidation sites excluding steroid dienone is 1. The van der Waals surface area contributed by atoms with E-state index in [9.17, 15) is 0 Å². The first-order valence-electron chi connectivity index (χ1n) is 12.6. The predicted molar refractivity (Wildman–Crippen MR) is 158 cm³/mol. The van der Waals surface area contributed by atoms with Gasteiger partial charge in [-0.15, -0.1) is 0 Å². The molecule has 4 aromatic rings. The van der Waals surface area contributed by atoms with Gasteiger partial charge in [0, 0.05) is 0 Å². The third-order valence-corrected chi connectivity index (χ3v) is 15.0. The van der Waals surface area contributed by atoms with Gasteiger partial charge < -0.3 is 0 Å². The molecule has 196 valence electrons. The number of hydrogen-bond acceptors (Lipinski definition) is 2. The summed E-state index contributed by atoms with van der Waals surface area (Å²) in [7, 11) is 2.71. The molecule has 38 heavy (non-hydrogen) atoms. The summed E-state index contributed by atoms with van der Waals surface area (Å²) in [6.45, 7) is -2.93. The molecule has 0 saturated heterocycles. The van der Waals surface area contributed by atoms with Gasteiger partial charge in [0.2, 0.25) is 0 Å². The Balaban J connectivity index is 1.66. The van der Waals surface area contributed by atoms with E-state index in [1.165, 1.54) is 30.1 Å².